The summed E-state index contributed by atoms with van der Waals surface area (Å²) in [4.78, 5) is 9.21. The number of nitrogens with two attached hydrogens (primary N) is 1. The first kappa shape index (κ1) is 37.6. The monoisotopic (exact) mass is 703 g/mol. The third-order valence-electron chi connectivity index (χ3n) is 10.2. The number of nitrogens with zero attached hydrogens (tertiary/aromatic N) is 2. The lowest BCUT2D eigenvalue weighted by Gasteiger charge is -2.38. The van der Waals surface area contributed by atoms with E-state index in [0.717, 1.165) is 78.0 Å². The highest BCUT2D eigenvalue weighted by Crippen LogP contribution is 2.45. The van der Waals surface area contributed by atoms with Gasteiger partial charge in [0.15, 0.2) is 0 Å². The number of aromatic nitrogens is 1. The first-order valence-electron chi connectivity index (χ1n) is 18.5. The number of allylic oxidation sites excluding steroid dienone is 5. The van der Waals surface area contributed by atoms with Gasteiger partial charge in [-0.05, 0) is 131 Å². The van der Waals surface area contributed by atoms with Gasteiger partial charge in [0.05, 0.1) is 11.2 Å². The molecule has 0 saturated carbocycles. The summed E-state index contributed by atoms with van der Waals surface area (Å²) in [6.07, 6.45) is 11.8. The van der Waals surface area contributed by atoms with Crippen molar-refractivity contribution in [1.82, 2.24) is 4.98 Å². The van der Waals surface area contributed by atoms with Crippen LogP contribution in [0, 0.1) is 19.8 Å². The SMILES string of the molecule is C=N/C(=C(/C(C)C)C(N)(c1ccccc1)c1cc(-c2ccc(-c3ccc(C)c(C(=C)/C=C\C=C/C)c3)cc2)cc(-c2cccnc2)c1)c1ccccc1C. The van der Waals surface area contributed by atoms with Crippen molar-refractivity contribution in [3.8, 4) is 33.4 Å². The molecule has 1 atom stereocenters. The first-order chi connectivity index (χ1) is 26.1. The summed E-state index contributed by atoms with van der Waals surface area (Å²) in [5, 5.41) is 0. The number of pyridine rings is 1. The normalized spacial score (nSPS) is 13.2. The number of hydrogen-bond acceptors (Lipinski definition) is 3. The van der Waals surface area contributed by atoms with Crippen LogP contribution in [0.15, 0.2) is 181 Å². The molecule has 3 heteroatoms. The maximum absolute atomic E-state index is 7.96. The van der Waals surface area contributed by atoms with Crippen LogP contribution in [-0.4, -0.2) is 11.7 Å². The van der Waals surface area contributed by atoms with Gasteiger partial charge in [-0.25, -0.2) is 0 Å². The lowest BCUT2D eigenvalue weighted by molar-refractivity contribution is 0.552. The molecule has 0 fully saturated rings. The highest BCUT2D eigenvalue weighted by atomic mass is 14.8. The van der Waals surface area contributed by atoms with Gasteiger partial charge in [0.1, 0.15) is 0 Å². The topological polar surface area (TPSA) is 51.3 Å². The first-order valence-corrected chi connectivity index (χ1v) is 18.5. The maximum atomic E-state index is 7.96. The second kappa shape index (κ2) is 16.7. The Kier molecular flexibility index (Phi) is 11.6. The zero-order valence-corrected chi connectivity index (χ0v) is 32.1. The Morgan fingerprint density at radius 2 is 1.30 bits per heavy atom. The fourth-order valence-electron chi connectivity index (χ4n) is 7.35. The van der Waals surface area contributed by atoms with Gasteiger partial charge in [-0.2, -0.15) is 0 Å². The Balaban J connectivity index is 1.55. The number of aliphatic imine (C=N–C) groups is 1. The van der Waals surface area contributed by atoms with E-state index in [1.54, 1.807) is 6.20 Å². The van der Waals surface area contributed by atoms with E-state index in [9.17, 15) is 0 Å². The number of benzene rings is 5. The minimum Gasteiger partial charge on any atom is -0.314 e. The Labute approximate surface area is 321 Å². The van der Waals surface area contributed by atoms with Gasteiger partial charge >= 0.3 is 0 Å². The molecule has 268 valence electrons. The largest absolute Gasteiger partial charge is 0.314 e. The third-order valence-corrected chi connectivity index (χ3v) is 10.2. The zero-order chi connectivity index (χ0) is 38.2. The summed E-state index contributed by atoms with van der Waals surface area (Å²) < 4.78 is 0. The van der Waals surface area contributed by atoms with Gasteiger partial charge in [-0.3, -0.25) is 9.98 Å². The molecule has 0 radical (unpaired) electrons. The van der Waals surface area contributed by atoms with Crippen molar-refractivity contribution in [2.75, 3.05) is 0 Å². The third kappa shape index (κ3) is 7.78. The van der Waals surface area contributed by atoms with Gasteiger partial charge in [0.25, 0.3) is 0 Å². The maximum Gasteiger partial charge on any atom is 0.0909 e. The van der Waals surface area contributed by atoms with Crippen LogP contribution in [0.4, 0.5) is 0 Å². The van der Waals surface area contributed by atoms with Crippen LogP contribution in [0.1, 0.15) is 54.2 Å². The van der Waals surface area contributed by atoms with Crippen molar-refractivity contribution in [3.05, 3.63) is 210 Å². The second-order valence-electron chi connectivity index (χ2n) is 14.1. The van der Waals surface area contributed by atoms with E-state index in [1.807, 2.05) is 49.5 Å². The van der Waals surface area contributed by atoms with Crippen LogP contribution in [-0.2, 0) is 5.54 Å². The number of rotatable bonds is 12. The Morgan fingerprint density at radius 1 is 0.667 bits per heavy atom. The smallest absolute Gasteiger partial charge is 0.0909 e. The second-order valence-corrected chi connectivity index (χ2v) is 14.1. The van der Waals surface area contributed by atoms with Gasteiger partial charge < -0.3 is 5.73 Å². The van der Waals surface area contributed by atoms with Gasteiger partial charge in [-0.1, -0.05) is 142 Å². The molecule has 0 aliphatic rings. The molecule has 1 heterocycles. The summed E-state index contributed by atoms with van der Waals surface area (Å²) in [6, 6.07) is 44.8. The lowest BCUT2D eigenvalue weighted by atomic mass is 9.71. The number of aryl methyl sites for hydroxylation is 2. The molecule has 6 aromatic rings. The average Bonchev–Trinajstić information content (AvgIpc) is 3.20. The average molecular weight is 704 g/mol. The predicted octanol–water partition coefficient (Wildman–Crippen LogP) is 12.8. The van der Waals surface area contributed by atoms with Crippen molar-refractivity contribution in [1.29, 1.82) is 0 Å². The highest BCUT2D eigenvalue weighted by Gasteiger charge is 2.39. The van der Waals surface area contributed by atoms with Gasteiger partial charge in [0.2, 0.25) is 0 Å². The van der Waals surface area contributed by atoms with Gasteiger partial charge in [-0.15, -0.1) is 0 Å². The highest BCUT2D eigenvalue weighted by molar-refractivity contribution is 5.82. The molecule has 0 spiro atoms. The van der Waals surface area contributed by atoms with E-state index in [-0.39, 0.29) is 5.92 Å². The van der Waals surface area contributed by atoms with Gasteiger partial charge in [0, 0.05) is 23.5 Å². The molecular weight excluding hydrogens is 655 g/mol. The Morgan fingerprint density at radius 3 is 1.93 bits per heavy atom. The molecule has 1 aromatic heterocycles. The zero-order valence-electron chi connectivity index (χ0n) is 32.1. The molecule has 2 N–H and O–H groups in total. The lowest BCUT2D eigenvalue weighted by Crippen LogP contribution is -2.42. The molecule has 0 saturated heterocycles. The molecular formula is C51H49N3. The Hall–Kier alpha value is -6.16. The molecule has 0 amide bonds. The van der Waals surface area contributed by atoms with Crippen LogP contribution < -0.4 is 5.73 Å². The quantitative estimate of drug-likeness (QED) is 0.102. The molecule has 0 bridgehead atoms. The van der Waals surface area contributed by atoms with Crippen LogP contribution in [0.25, 0.3) is 44.7 Å². The summed E-state index contributed by atoms with van der Waals surface area (Å²) in [6.45, 7) is 19.1. The fraction of sp³-hybridized carbons (Fsp3) is 0.137. The molecule has 0 aliphatic carbocycles. The van der Waals surface area contributed by atoms with Crippen molar-refractivity contribution >= 4 is 18.0 Å². The number of hydrogen-bond donors (Lipinski definition) is 1. The molecule has 0 aliphatic heterocycles. The standard InChI is InChI=1S/C51H49N3/c1-8-9-11-17-37(5)48-33-41(24-23-38(48)6)39-25-27-40(28-26-39)43-30-44(42-19-16-29-54-34-42)32-46(31-43)51(52,45-20-12-10-13-21-45)49(35(2)3)50(53-7)47-22-15-14-18-36(47)4/h8-35H,5,7,52H2,1-4,6H3/b9-8-,17-11-,50-49-. The van der Waals surface area contributed by atoms with E-state index in [4.69, 9.17) is 10.7 Å². The van der Waals surface area contributed by atoms with E-state index in [1.165, 1.54) is 5.56 Å². The van der Waals surface area contributed by atoms with Crippen molar-refractivity contribution in [3.63, 3.8) is 0 Å². The van der Waals surface area contributed by atoms with Crippen LogP contribution in [0.2, 0.25) is 0 Å². The van der Waals surface area contributed by atoms with Crippen LogP contribution in [0.3, 0.4) is 0 Å². The molecule has 3 nitrogen and oxygen atoms in total. The van der Waals surface area contributed by atoms with Crippen LogP contribution >= 0.6 is 0 Å². The molecule has 54 heavy (non-hydrogen) atoms. The predicted molar refractivity (Wildman–Crippen MR) is 232 cm³/mol. The minimum absolute atomic E-state index is 0.0363. The van der Waals surface area contributed by atoms with Crippen molar-refractivity contribution in [2.24, 2.45) is 16.6 Å². The van der Waals surface area contributed by atoms with Crippen molar-refractivity contribution < 1.29 is 0 Å². The van der Waals surface area contributed by atoms with Crippen molar-refractivity contribution in [2.45, 2.75) is 40.2 Å². The molecule has 6 rings (SSSR count). The van der Waals surface area contributed by atoms with E-state index in [0.29, 0.717) is 0 Å². The summed E-state index contributed by atoms with van der Waals surface area (Å²) in [7, 11) is 0. The van der Waals surface area contributed by atoms with E-state index < -0.39 is 5.54 Å². The summed E-state index contributed by atoms with van der Waals surface area (Å²) in [5.74, 6) is 0.0363. The van der Waals surface area contributed by atoms with Crippen LogP contribution in [0.5, 0.6) is 0 Å². The summed E-state index contributed by atoms with van der Waals surface area (Å²) in [5.41, 5.74) is 22.6. The Bertz CT molecular complexity index is 2360. The molecule has 1 unspecified atom stereocenters. The molecule has 5 aromatic carbocycles. The summed E-state index contributed by atoms with van der Waals surface area (Å²) >= 11 is 0. The fourth-order valence-corrected chi connectivity index (χ4v) is 7.35. The van der Waals surface area contributed by atoms with E-state index >= 15 is 0 Å². The van der Waals surface area contributed by atoms with E-state index in [2.05, 4.69) is 161 Å². The minimum atomic E-state index is -1.05.